The quantitative estimate of drug-likeness (QED) is 0.584. The molecule has 0 aromatic heterocycles. The Bertz CT molecular complexity index is 702. The maximum atomic E-state index is 11.3. The molecule has 128 valence electrons. The molecule has 4 atom stereocenters. The van der Waals surface area contributed by atoms with Gasteiger partial charge in [0.05, 0.1) is 5.56 Å². The number of benzene rings is 1. The van der Waals surface area contributed by atoms with E-state index in [0.29, 0.717) is 16.9 Å². The van der Waals surface area contributed by atoms with E-state index in [-0.39, 0.29) is 5.75 Å². The first kappa shape index (κ1) is 15.9. The Morgan fingerprint density at radius 3 is 2.83 bits per heavy atom. The van der Waals surface area contributed by atoms with Crippen molar-refractivity contribution in [3.05, 3.63) is 40.5 Å². The summed E-state index contributed by atoms with van der Waals surface area (Å²) in [6.07, 6.45) is 11.8. The van der Waals surface area contributed by atoms with Crippen molar-refractivity contribution in [2.45, 2.75) is 64.7 Å². The first-order valence-electron chi connectivity index (χ1n) is 9.59. The van der Waals surface area contributed by atoms with Crippen LogP contribution in [0.5, 0.6) is 5.75 Å². The SMILES string of the molecule is CCC=C1CC[C@H]2[C@@H]3CCc4cc(O)c(C=O)cc4[C@H]3CC[C@]12C. The number of carbonyl (C=O) groups excluding carboxylic acids is 1. The number of aldehydes is 1. The Labute approximate surface area is 145 Å². The van der Waals surface area contributed by atoms with Gasteiger partial charge >= 0.3 is 0 Å². The van der Waals surface area contributed by atoms with E-state index in [1.54, 1.807) is 5.57 Å². The molecule has 3 aliphatic rings. The lowest BCUT2D eigenvalue weighted by Gasteiger charge is -2.49. The minimum Gasteiger partial charge on any atom is -0.507 e. The zero-order valence-electron chi connectivity index (χ0n) is 14.8. The first-order chi connectivity index (χ1) is 11.6. The molecule has 0 unspecified atom stereocenters. The van der Waals surface area contributed by atoms with Crippen molar-refractivity contribution in [1.29, 1.82) is 0 Å². The van der Waals surface area contributed by atoms with E-state index in [1.165, 1.54) is 43.2 Å². The molecule has 2 nitrogen and oxygen atoms in total. The van der Waals surface area contributed by atoms with E-state index in [9.17, 15) is 9.90 Å². The number of carbonyl (C=O) groups is 1. The van der Waals surface area contributed by atoms with Crippen molar-refractivity contribution in [2.24, 2.45) is 17.3 Å². The Hall–Kier alpha value is -1.57. The van der Waals surface area contributed by atoms with Crippen molar-refractivity contribution in [2.75, 3.05) is 0 Å². The number of phenols is 1. The van der Waals surface area contributed by atoms with Crippen LogP contribution in [0, 0.1) is 17.3 Å². The smallest absolute Gasteiger partial charge is 0.153 e. The summed E-state index contributed by atoms with van der Waals surface area (Å²) in [5, 5.41) is 10.0. The second kappa shape index (κ2) is 5.75. The number of hydrogen-bond donors (Lipinski definition) is 1. The Balaban J connectivity index is 1.71. The molecule has 4 rings (SSSR count). The fourth-order valence-corrected chi connectivity index (χ4v) is 6.15. The van der Waals surface area contributed by atoms with Crippen LogP contribution in [0.2, 0.25) is 0 Å². The number of phenolic OH excluding ortho intramolecular Hbond substituents is 1. The molecule has 1 N–H and O–H groups in total. The van der Waals surface area contributed by atoms with E-state index >= 15 is 0 Å². The van der Waals surface area contributed by atoms with E-state index in [4.69, 9.17) is 0 Å². The van der Waals surface area contributed by atoms with Crippen LogP contribution in [-0.4, -0.2) is 11.4 Å². The maximum absolute atomic E-state index is 11.3. The Kier molecular flexibility index (Phi) is 3.82. The predicted molar refractivity (Wildman–Crippen MR) is 96.5 cm³/mol. The summed E-state index contributed by atoms with van der Waals surface area (Å²) in [7, 11) is 0. The summed E-state index contributed by atoms with van der Waals surface area (Å²) in [5.74, 6) is 2.25. The molecule has 1 aromatic carbocycles. The van der Waals surface area contributed by atoms with Gasteiger partial charge < -0.3 is 5.11 Å². The van der Waals surface area contributed by atoms with Gasteiger partial charge in [-0.1, -0.05) is 25.5 Å². The molecule has 24 heavy (non-hydrogen) atoms. The number of allylic oxidation sites excluding steroid dienone is 2. The Morgan fingerprint density at radius 2 is 2.08 bits per heavy atom. The lowest BCUT2D eigenvalue weighted by atomic mass is 9.55. The Morgan fingerprint density at radius 1 is 1.25 bits per heavy atom. The largest absolute Gasteiger partial charge is 0.507 e. The van der Waals surface area contributed by atoms with Gasteiger partial charge in [0.2, 0.25) is 0 Å². The van der Waals surface area contributed by atoms with Crippen molar-refractivity contribution >= 4 is 6.29 Å². The molecule has 0 bridgehead atoms. The molecule has 0 amide bonds. The van der Waals surface area contributed by atoms with Crippen molar-refractivity contribution in [1.82, 2.24) is 0 Å². The topological polar surface area (TPSA) is 37.3 Å². The molecule has 2 saturated carbocycles. The fraction of sp³-hybridized carbons (Fsp3) is 0.591. The summed E-state index contributed by atoms with van der Waals surface area (Å²) >= 11 is 0. The predicted octanol–water partition coefficient (Wildman–Crippen LogP) is 5.40. The highest BCUT2D eigenvalue weighted by atomic mass is 16.3. The third-order valence-electron chi connectivity index (χ3n) is 7.30. The minimum atomic E-state index is 0.150. The first-order valence-corrected chi connectivity index (χ1v) is 9.59. The molecule has 0 spiro atoms. The molecule has 0 radical (unpaired) electrons. The van der Waals surface area contributed by atoms with Crippen LogP contribution in [0.3, 0.4) is 0 Å². The molecule has 0 saturated heterocycles. The number of rotatable bonds is 2. The average Bonchev–Trinajstić information content (AvgIpc) is 2.91. The summed E-state index contributed by atoms with van der Waals surface area (Å²) in [4.78, 5) is 11.3. The molecular formula is C22H28O2. The van der Waals surface area contributed by atoms with Crippen LogP contribution >= 0.6 is 0 Å². The third kappa shape index (κ3) is 2.18. The van der Waals surface area contributed by atoms with Crippen molar-refractivity contribution in [3.8, 4) is 5.75 Å². The third-order valence-corrected chi connectivity index (χ3v) is 7.30. The molecule has 1 aromatic rings. The van der Waals surface area contributed by atoms with Gasteiger partial charge in [0.15, 0.2) is 6.29 Å². The van der Waals surface area contributed by atoms with Gasteiger partial charge in [0.25, 0.3) is 0 Å². The van der Waals surface area contributed by atoms with Gasteiger partial charge in [-0.2, -0.15) is 0 Å². The summed E-state index contributed by atoms with van der Waals surface area (Å²) in [6, 6.07) is 3.83. The van der Waals surface area contributed by atoms with E-state index in [1.807, 2.05) is 12.1 Å². The van der Waals surface area contributed by atoms with Gasteiger partial charge in [0.1, 0.15) is 5.75 Å². The van der Waals surface area contributed by atoms with E-state index in [0.717, 1.165) is 31.0 Å². The number of aryl methyl sites for hydroxylation is 1. The highest BCUT2D eigenvalue weighted by Crippen LogP contribution is 2.62. The van der Waals surface area contributed by atoms with Gasteiger partial charge in [-0.3, -0.25) is 4.79 Å². The number of fused-ring (bicyclic) bond motifs is 5. The summed E-state index contributed by atoms with van der Waals surface area (Å²) in [5.41, 5.74) is 5.18. The van der Waals surface area contributed by atoms with Crippen LogP contribution in [0.4, 0.5) is 0 Å². The van der Waals surface area contributed by atoms with Crippen LogP contribution in [0.15, 0.2) is 23.8 Å². The molecular weight excluding hydrogens is 296 g/mol. The lowest BCUT2D eigenvalue weighted by molar-refractivity contribution is 0.0811. The average molecular weight is 324 g/mol. The molecule has 2 heteroatoms. The monoisotopic (exact) mass is 324 g/mol. The minimum absolute atomic E-state index is 0.150. The summed E-state index contributed by atoms with van der Waals surface area (Å²) in [6.45, 7) is 4.76. The van der Waals surface area contributed by atoms with Gasteiger partial charge in [-0.05, 0) is 91.4 Å². The van der Waals surface area contributed by atoms with Gasteiger partial charge in [-0.25, -0.2) is 0 Å². The van der Waals surface area contributed by atoms with Gasteiger partial charge in [0, 0.05) is 0 Å². The van der Waals surface area contributed by atoms with Crippen LogP contribution in [0.25, 0.3) is 0 Å². The second-order valence-electron chi connectivity index (χ2n) is 8.28. The zero-order chi connectivity index (χ0) is 16.9. The normalized spacial score (nSPS) is 36.1. The standard InChI is InChI=1S/C22H28O2/c1-3-4-16-6-8-20-18-7-5-14-12-21(24)15(13-23)11-19(14)17(18)9-10-22(16,20)2/h4,11-13,17-18,20,24H,3,5-10H2,1-2H3/t17-,18+,20-,22+/m0/s1. The van der Waals surface area contributed by atoms with Gasteiger partial charge in [-0.15, -0.1) is 0 Å². The number of hydrogen-bond acceptors (Lipinski definition) is 2. The number of aromatic hydroxyl groups is 1. The molecule has 2 fully saturated rings. The van der Waals surface area contributed by atoms with Crippen molar-refractivity contribution in [3.63, 3.8) is 0 Å². The molecule has 0 heterocycles. The second-order valence-corrected chi connectivity index (χ2v) is 8.28. The summed E-state index contributed by atoms with van der Waals surface area (Å²) < 4.78 is 0. The lowest BCUT2D eigenvalue weighted by Crippen LogP contribution is -2.40. The fourth-order valence-electron chi connectivity index (χ4n) is 6.15. The zero-order valence-corrected chi connectivity index (χ0v) is 14.8. The highest BCUT2D eigenvalue weighted by Gasteiger charge is 2.52. The molecule has 3 aliphatic carbocycles. The highest BCUT2D eigenvalue weighted by molar-refractivity contribution is 5.80. The van der Waals surface area contributed by atoms with E-state index < -0.39 is 0 Å². The van der Waals surface area contributed by atoms with Crippen LogP contribution in [0.1, 0.15) is 79.8 Å². The van der Waals surface area contributed by atoms with E-state index in [2.05, 4.69) is 19.9 Å². The molecule has 0 aliphatic heterocycles. The van der Waals surface area contributed by atoms with Crippen LogP contribution < -0.4 is 0 Å². The van der Waals surface area contributed by atoms with Crippen LogP contribution in [-0.2, 0) is 6.42 Å². The van der Waals surface area contributed by atoms with Crippen molar-refractivity contribution < 1.29 is 9.90 Å². The maximum Gasteiger partial charge on any atom is 0.153 e.